The molecule has 1 aliphatic rings. The summed E-state index contributed by atoms with van der Waals surface area (Å²) in [4.78, 5) is 23.1. The van der Waals surface area contributed by atoms with E-state index in [1.807, 2.05) is 6.92 Å². The molecule has 0 bridgehead atoms. The number of nitrogens with one attached hydrogen (secondary N) is 1. The fourth-order valence-electron chi connectivity index (χ4n) is 3.70. The minimum absolute atomic E-state index is 0.214. The third-order valence-corrected chi connectivity index (χ3v) is 6.27. The number of aromatic nitrogens is 5. The second kappa shape index (κ2) is 6.89. The maximum Gasteiger partial charge on any atom is 0.259 e. The van der Waals surface area contributed by atoms with Gasteiger partial charge in [-0.3, -0.25) is 9.20 Å². The number of nitrogens with zero attached hydrogens (tertiary/aromatic N) is 5. The molecule has 1 fully saturated rings. The normalized spacial score (nSPS) is 19.8. The highest BCUT2D eigenvalue weighted by Crippen LogP contribution is 2.33. The lowest BCUT2D eigenvalue weighted by Gasteiger charge is -2.25. The van der Waals surface area contributed by atoms with Crippen molar-refractivity contribution in [2.24, 2.45) is 0 Å². The second-order valence-electron chi connectivity index (χ2n) is 7.13. The van der Waals surface area contributed by atoms with Crippen molar-refractivity contribution in [3.05, 3.63) is 45.5 Å². The van der Waals surface area contributed by atoms with E-state index in [4.69, 9.17) is 4.74 Å². The molecule has 0 aromatic carbocycles. The lowest BCUT2D eigenvalue weighted by Crippen LogP contribution is -2.36. The van der Waals surface area contributed by atoms with Crippen LogP contribution >= 0.6 is 11.3 Å². The Bertz CT molecular complexity index is 1280. The molecule has 0 aliphatic carbocycles. The summed E-state index contributed by atoms with van der Waals surface area (Å²) >= 11 is 1.35. The zero-order chi connectivity index (χ0) is 20.1. The van der Waals surface area contributed by atoms with Crippen molar-refractivity contribution in [3.63, 3.8) is 0 Å². The number of fused-ring (bicyclic) bond motifs is 2. The molecule has 0 radical (unpaired) electrons. The van der Waals surface area contributed by atoms with E-state index in [9.17, 15) is 9.18 Å². The Balaban J connectivity index is 1.63. The minimum atomic E-state index is -0.968. The van der Waals surface area contributed by atoms with E-state index in [0.29, 0.717) is 40.7 Å². The maximum atomic E-state index is 14.3. The van der Waals surface area contributed by atoms with Crippen molar-refractivity contribution >= 4 is 21.9 Å². The quantitative estimate of drug-likeness (QED) is 0.553. The van der Waals surface area contributed by atoms with Gasteiger partial charge < -0.3 is 10.1 Å². The van der Waals surface area contributed by atoms with Gasteiger partial charge in [0.15, 0.2) is 16.4 Å². The number of aryl methyl sites for hydroxylation is 1. The molecule has 8 nitrogen and oxygen atoms in total. The van der Waals surface area contributed by atoms with Gasteiger partial charge in [0.1, 0.15) is 11.9 Å². The fraction of sp³-hybridized carbons (Fsp3) is 0.368. The van der Waals surface area contributed by atoms with Gasteiger partial charge in [-0.2, -0.15) is 5.10 Å². The number of piperidine rings is 1. The zero-order valence-electron chi connectivity index (χ0n) is 15.9. The lowest BCUT2D eigenvalue weighted by atomic mass is 9.95. The summed E-state index contributed by atoms with van der Waals surface area (Å²) in [5, 5.41) is 7.59. The summed E-state index contributed by atoms with van der Waals surface area (Å²) in [6, 6.07) is 3.16. The van der Waals surface area contributed by atoms with Crippen LogP contribution in [0.3, 0.4) is 0 Å². The molecule has 150 valence electrons. The number of thiazole rings is 1. The van der Waals surface area contributed by atoms with Crippen LogP contribution < -0.4 is 15.6 Å². The number of rotatable bonds is 3. The van der Waals surface area contributed by atoms with Gasteiger partial charge in [-0.05, 0) is 19.9 Å². The first-order valence-corrected chi connectivity index (χ1v) is 10.1. The SMILES string of the molecule is COc1cc(-c2cc(=O)n3cc([C@H]4CCNC[C@H]4F)sc3n2)nn2cc(C)nc12. The van der Waals surface area contributed by atoms with Crippen LogP contribution in [0.5, 0.6) is 5.75 Å². The van der Waals surface area contributed by atoms with Gasteiger partial charge in [0.05, 0.1) is 24.7 Å². The van der Waals surface area contributed by atoms with E-state index < -0.39 is 6.17 Å². The molecule has 4 aromatic rings. The monoisotopic (exact) mass is 414 g/mol. The van der Waals surface area contributed by atoms with Crippen molar-refractivity contribution in [1.29, 1.82) is 0 Å². The Morgan fingerprint density at radius 1 is 1.28 bits per heavy atom. The molecule has 2 atom stereocenters. The van der Waals surface area contributed by atoms with Gasteiger partial charge in [-0.15, -0.1) is 11.3 Å². The largest absolute Gasteiger partial charge is 0.493 e. The maximum absolute atomic E-state index is 14.3. The van der Waals surface area contributed by atoms with E-state index in [0.717, 1.165) is 17.1 Å². The molecule has 5 heterocycles. The summed E-state index contributed by atoms with van der Waals surface area (Å²) < 4.78 is 22.9. The molecule has 10 heteroatoms. The van der Waals surface area contributed by atoms with E-state index in [1.165, 1.54) is 21.8 Å². The average Bonchev–Trinajstić information content (AvgIpc) is 3.30. The molecule has 1 N–H and O–H groups in total. The summed E-state index contributed by atoms with van der Waals surface area (Å²) in [5.41, 5.74) is 2.13. The first kappa shape index (κ1) is 18.2. The molecule has 0 unspecified atom stereocenters. The number of methoxy groups -OCH3 is 1. The smallest absolute Gasteiger partial charge is 0.259 e. The number of imidazole rings is 1. The second-order valence-corrected chi connectivity index (χ2v) is 8.17. The van der Waals surface area contributed by atoms with Gasteiger partial charge in [-0.1, -0.05) is 0 Å². The number of hydrogen-bond acceptors (Lipinski definition) is 7. The van der Waals surface area contributed by atoms with Crippen LogP contribution in [0.4, 0.5) is 4.39 Å². The van der Waals surface area contributed by atoms with Crippen LogP contribution in [0.25, 0.3) is 22.0 Å². The third-order valence-electron chi connectivity index (χ3n) is 5.15. The van der Waals surface area contributed by atoms with Crippen molar-refractivity contribution in [2.45, 2.75) is 25.4 Å². The van der Waals surface area contributed by atoms with Crippen molar-refractivity contribution in [3.8, 4) is 17.1 Å². The Morgan fingerprint density at radius 3 is 2.93 bits per heavy atom. The van der Waals surface area contributed by atoms with E-state index >= 15 is 0 Å². The molecule has 5 rings (SSSR count). The van der Waals surface area contributed by atoms with Crippen molar-refractivity contribution < 1.29 is 9.13 Å². The number of alkyl halides is 1. The highest BCUT2D eigenvalue weighted by Gasteiger charge is 2.28. The molecule has 1 saturated heterocycles. The molecule has 0 spiro atoms. The Labute approximate surface area is 169 Å². The van der Waals surface area contributed by atoms with Gasteiger partial charge in [0.25, 0.3) is 5.56 Å². The molecule has 1 aliphatic heterocycles. The minimum Gasteiger partial charge on any atom is -0.493 e. The van der Waals surface area contributed by atoms with E-state index in [2.05, 4.69) is 20.4 Å². The number of halogens is 1. The van der Waals surface area contributed by atoms with Crippen molar-refractivity contribution in [2.75, 3.05) is 20.2 Å². The molecule has 29 heavy (non-hydrogen) atoms. The third kappa shape index (κ3) is 3.08. The lowest BCUT2D eigenvalue weighted by molar-refractivity contribution is 0.233. The Morgan fingerprint density at radius 2 is 2.14 bits per heavy atom. The average molecular weight is 414 g/mol. The van der Waals surface area contributed by atoms with Crippen LogP contribution in [0.1, 0.15) is 22.9 Å². The summed E-state index contributed by atoms with van der Waals surface area (Å²) in [6.07, 6.45) is 3.24. The number of hydrogen-bond donors (Lipinski definition) is 1. The first-order valence-electron chi connectivity index (χ1n) is 9.33. The molecule has 0 saturated carbocycles. The molecule has 4 aromatic heterocycles. The summed E-state index contributed by atoms with van der Waals surface area (Å²) in [6.45, 7) is 2.97. The molecule has 0 amide bonds. The van der Waals surface area contributed by atoms with Crippen molar-refractivity contribution in [1.82, 2.24) is 29.3 Å². The highest BCUT2D eigenvalue weighted by atomic mass is 32.1. The van der Waals surface area contributed by atoms with Gasteiger partial charge in [0, 0.05) is 35.7 Å². The molecular weight excluding hydrogens is 395 g/mol. The highest BCUT2D eigenvalue weighted by molar-refractivity contribution is 7.17. The number of ether oxygens (including phenoxy) is 1. The van der Waals surface area contributed by atoms with E-state index in [1.54, 1.807) is 30.1 Å². The van der Waals surface area contributed by atoms with Crippen LogP contribution in [0, 0.1) is 6.92 Å². The standard InChI is InChI=1S/C19H19FN6O2S/c1-10-8-26-18(22-10)15(28-2)5-14(24-26)13-6-17(27)25-9-16(29-19(25)23-13)11-3-4-21-7-12(11)20/h5-6,8-9,11-12,21H,3-4,7H2,1-2H3/t11-,12+/m0/s1. The predicted molar refractivity (Wildman–Crippen MR) is 108 cm³/mol. The summed E-state index contributed by atoms with van der Waals surface area (Å²) in [5.74, 6) is 0.334. The Hall–Kier alpha value is -2.85. The van der Waals surface area contributed by atoms with E-state index in [-0.39, 0.29) is 11.5 Å². The Kier molecular flexibility index (Phi) is 4.32. The van der Waals surface area contributed by atoms with Crippen LogP contribution in [-0.2, 0) is 0 Å². The predicted octanol–water partition coefficient (Wildman–Crippen LogP) is 2.20. The van der Waals surface area contributed by atoms with Crippen LogP contribution in [-0.4, -0.2) is 50.4 Å². The van der Waals surface area contributed by atoms with Gasteiger partial charge in [-0.25, -0.2) is 18.9 Å². The summed E-state index contributed by atoms with van der Waals surface area (Å²) in [7, 11) is 1.56. The zero-order valence-corrected chi connectivity index (χ0v) is 16.7. The first-order chi connectivity index (χ1) is 14.0. The topological polar surface area (TPSA) is 85.8 Å². The fourth-order valence-corrected chi connectivity index (χ4v) is 4.87. The van der Waals surface area contributed by atoms with Crippen LogP contribution in [0.2, 0.25) is 0 Å². The van der Waals surface area contributed by atoms with Crippen LogP contribution in [0.15, 0.2) is 29.3 Å². The molecular formula is C19H19FN6O2S. The van der Waals surface area contributed by atoms with Gasteiger partial charge in [0.2, 0.25) is 0 Å². The van der Waals surface area contributed by atoms with Gasteiger partial charge >= 0.3 is 0 Å².